The van der Waals surface area contributed by atoms with Gasteiger partial charge in [-0.25, -0.2) is 4.79 Å². The quantitative estimate of drug-likeness (QED) is 0.878. The monoisotopic (exact) mass is 340 g/mol. The summed E-state index contributed by atoms with van der Waals surface area (Å²) in [6.45, 7) is 6.07. The average molecular weight is 340 g/mol. The third kappa shape index (κ3) is 5.01. The van der Waals surface area contributed by atoms with Crippen molar-refractivity contribution in [3.05, 3.63) is 59.9 Å². The van der Waals surface area contributed by atoms with Gasteiger partial charge in [-0.1, -0.05) is 24.3 Å². The van der Waals surface area contributed by atoms with Crippen LogP contribution in [0.1, 0.15) is 24.2 Å². The SMILES string of the molecule is C[C@@H](NC(=O)Nc1ccccc1CN1CCOCC1)c1ccccn1. The summed E-state index contributed by atoms with van der Waals surface area (Å²) >= 11 is 0. The Morgan fingerprint density at radius 3 is 2.72 bits per heavy atom. The van der Waals surface area contributed by atoms with Crippen LogP contribution >= 0.6 is 0 Å². The van der Waals surface area contributed by atoms with Gasteiger partial charge in [0.25, 0.3) is 0 Å². The van der Waals surface area contributed by atoms with Crippen LogP contribution in [0.2, 0.25) is 0 Å². The van der Waals surface area contributed by atoms with Crippen molar-refractivity contribution in [1.82, 2.24) is 15.2 Å². The minimum Gasteiger partial charge on any atom is -0.379 e. The fraction of sp³-hybridized carbons (Fsp3) is 0.368. The number of pyridine rings is 1. The lowest BCUT2D eigenvalue weighted by Crippen LogP contribution is -2.36. The van der Waals surface area contributed by atoms with Gasteiger partial charge in [0.05, 0.1) is 24.9 Å². The molecule has 1 aromatic carbocycles. The fourth-order valence-corrected chi connectivity index (χ4v) is 2.84. The summed E-state index contributed by atoms with van der Waals surface area (Å²) in [5.41, 5.74) is 2.77. The molecule has 1 aliphatic heterocycles. The molecule has 0 radical (unpaired) electrons. The molecule has 0 aliphatic carbocycles. The maximum Gasteiger partial charge on any atom is 0.319 e. The highest BCUT2D eigenvalue weighted by Gasteiger charge is 2.15. The Morgan fingerprint density at radius 2 is 1.96 bits per heavy atom. The Hall–Kier alpha value is -2.44. The zero-order chi connectivity index (χ0) is 17.5. The van der Waals surface area contributed by atoms with Gasteiger partial charge < -0.3 is 15.4 Å². The topological polar surface area (TPSA) is 66.5 Å². The van der Waals surface area contributed by atoms with Gasteiger partial charge in [-0.3, -0.25) is 9.88 Å². The molecule has 25 heavy (non-hydrogen) atoms. The van der Waals surface area contributed by atoms with E-state index in [2.05, 4.69) is 20.5 Å². The fourth-order valence-electron chi connectivity index (χ4n) is 2.84. The Bertz CT molecular complexity index is 687. The van der Waals surface area contributed by atoms with E-state index in [0.717, 1.165) is 49.8 Å². The van der Waals surface area contributed by atoms with E-state index in [0.29, 0.717) is 0 Å². The summed E-state index contributed by atoms with van der Waals surface area (Å²) in [4.78, 5) is 19.0. The van der Waals surface area contributed by atoms with E-state index in [-0.39, 0.29) is 12.1 Å². The Balaban J connectivity index is 1.61. The third-order valence-corrected chi connectivity index (χ3v) is 4.24. The maximum absolute atomic E-state index is 12.4. The second-order valence-corrected chi connectivity index (χ2v) is 6.12. The van der Waals surface area contributed by atoms with Crippen molar-refractivity contribution in [2.75, 3.05) is 31.6 Å². The van der Waals surface area contributed by atoms with Gasteiger partial charge in [0.15, 0.2) is 0 Å². The summed E-state index contributed by atoms with van der Waals surface area (Å²) in [6, 6.07) is 13.2. The normalized spacial score (nSPS) is 16.2. The number of ether oxygens (including phenoxy) is 1. The third-order valence-electron chi connectivity index (χ3n) is 4.24. The van der Waals surface area contributed by atoms with Gasteiger partial charge in [-0.05, 0) is 30.7 Å². The predicted molar refractivity (Wildman–Crippen MR) is 97.3 cm³/mol. The van der Waals surface area contributed by atoms with E-state index >= 15 is 0 Å². The van der Waals surface area contributed by atoms with Crippen molar-refractivity contribution in [3.8, 4) is 0 Å². The number of amides is 2. The van der Waals surface area contributed by atoms with Crippen molar-refractivity contribution < 1.29 is 9.53 Å². The molecule has 1 aromatic heterocycles. The highest BCUT2D eigenvalue weighted by molar-refractivity contribution is 5.90. The van der Waals surface area contributed by atoms with Crippen LogP contribution in [0, 0.1) is 0 Å². The first-order chi connectivity index (χ1) is 12.2. The average Bonchev–Trinajstić information content (AvgIpc) is 2.65. The zero-order valence-electron chi connectivity index (χ0n) is 14.4. The standard InChI is InChI=1S/C19H24N4O2/c1-15(17-7-4-5-9-20-17)21-19(24)22-18-8-3-2-6-16(18)14-23-10-12-25-13-11-23/h2-9,15H,10-14H2,1H3,(H2,21,22,24)/t15-/m1/s1. The molecule has 1 fully saturated rings. The summed E-state index contributed by atoms with van der Waals surface area (Å²) in [5.74, 6) is 0. The van der Waals surface area contributed by atoms with Gasteiger partial charge >= 0.3 is 6.03 Å². The molecule has 2 N–H and O–H groups in total. The molecule has 2 aromatic rings. The Labute approximate surface area is 148 Å². The van der Waals surface area contributed by atoms with Gasteiger partial charge in [0.2, 0.25) is 0 Å². The number of carbonyl (C=O) groups is 1. The minimum atomic E-state index is -0.229. The zero-order valence-corrected chi connectivity index (χ0v) is 14.4. The molecule has 0 unspecified atom stereocenters. The minimum absolute atomic E-state index is 0.160. The van der Waals surface area contributed by atoms with Crippen LogP contribution in [0.25, 0.3) is 0 Å². The van der Waals surface area contributed by atoms with Crippen molar-refractivity contribution in [3.63, 3.8) is 0 Å². The first kappa shape index (κ1) is 17.4. The van der Waals surface area contributed by atoms with Gasteiger partial charge in [0.1, 0.15) is 0 Å². The van der Waals surface area contributed by atoms with Crippen molar-refractivity contribution >= 4 is 11.7 Å². The molecule has 1 saturated heterocycles. The second-order valence-electron chi connectivity index (χ2n) is 6.12. The van der Waals surface area contributed by atoms with Crippen LogP contribution in [0.5, 0.6) is 0 Å². The lowest BCUT2D eigenvalue weighted by Gasteiger charge is -2.27. The first-order valence-corrected chi connectivity index (χ1v) is 8.59. The van der Waals surface area contributed by atoms with Crippen molar-refractivity contribution in [1.29, 1.82) is 0 Å². The van der Waals surface area contributed by atoms with E-state index in [1.807, 2.05) is 49.4 Å². The molecule has 0 spiro atoms. The second kappa shape index (κ2) is 8.60. The lowest BCUT2D eigenvalue weighted by atomic mass is 10.1. The van der Waals surface area contributed by atoms with E-state index in [1.54, 1.807) is 6.20 Å². The van der Waals surface area contributed by atoms with Crippen LogP contribution in [0.15, 0.2) is 48.7 Å². The molecular weight excluding hydrogens is 316 g/mol. The number of aromatic nitrogens is 1. The van der Waals surface area contributed by atoms with Gasteiger partial charge in [0, 0.05) is 31.5 Å². The Kier molecular flexibility index (Phi) is 5.98. The van der Waals surface area contributed by atoms with Crippen molar-refractivity contribution in [2.45, 2.75) is 19.5 Å². The molecule has 3 rings (SSSR count). The summed E-state index contributed by atoms with van der Waals surface area (Å²) in [6.07, 6.45) is 1.73. The molecular formula is C19H24N4O2. The Morgan fingerprint density at radius 1 is 1.20 bits per heavy atom. The number of rotatable bonds is 5. The van der Waals surface area contributed by atoms with E-state index in [9.17, 15) is 4.79 Å². The summed E-state index contributed by atoms with van der Waals surface area (Å²) in [7, 11) is 0. The van der Waals surface area contributed by atoms with Crippen LogP contribution in [-0.4, -0.2) is 42.2 Å². The van der Waals surface area contributed by atoms with Gasteiger partial charge in [-0.2, -0.15) is 0 Å². The highest BCUT2D eigenvalue weighted by Crippen LogP contribution is 2.18. The molecule has 132 valence electrons. The molecule has 0 saturated carbocycles. The van der Waals surface area contributed by atoms with E-state index < -0.39 is 0 Å². The summed E-state index contributed by atoms with van der Waals surface area (Å²) in [5, 5.41) is 5.89. The van der Waals surface area contributed by atoms with E-state index in [1.165, 1.54) is 0 Å². The predicted octanol–water partition coefficient (Wildman–Crippen LogP) is 2.80. The van der Waals surface area contributed by atoms with Crippen LogP contribution in [0.3, 0.4) is 0 Å². The summed E-state index contributed by atoms with van der Waals surface area (Å²) < 4.78 is 5.39. The first-order valence-electron chi connectivity index (χ1n) is 8.59. The van der Waals surface area contributed by atoms with Crippen molar-refractivity contribution in [2.24, 2.45) is 0 Å². The molecule has 2 amide bonds. The molecule has 1 aliphatic rings. The number of para-hydroxylation sites is 1. The maximum atomic E-state index is 12.4. The van der Waals surface area contributed by atoms with E-state index in [4.69, 9.17) is 4.74 Å². The number of benzene rings is 1. The number of morpholine rings is 1. The molecule has 6 nitrogen and oxygen atoms in total. The van der Waals surface area contributed by atoms with Crippen LogP contribution < -0.4 is 10.6 Å². The van der Waals surface area contributed by atoms with Gasteiger partial charge in [-0.15, -0.1) is 0 Å². The molecule has 6 heteroatoms. The number of urea groups is 1. The number of nitrogens with zero attached hydrogens (tertiary/aromatic N) is 2. The number of nitrogens with one attached hydrogen (secondary N) is 2. The number of hydrogen-bond donors (Lipinski definition) is 2. The van der Waals surface area contributed by atoms with Crippen LogP contribution in [0.4, 0.5) is 10.5 Å². The number of anilines is 1. The number of carbonyl (C=O) groups excluding carboxylic acids is 1. The van der Waals surface area contributed by atoms with Crippen LogP contribution in [-0.2, 0) is 11.3 Å². The number of hydrogen-bond acceptors (Lipinski definition) is 4. The molecule has 0 bridgehead atoms. The molecule has 1 atom stereocenters. The molecule has 2 heterocycles. The smallest absolute Gasteiger partial charge is 0.319 e. The highest BCUT2D eigenvalue weighted by atomic mass is 16.5. The largest absolute Gasteiger partial charge is 0.379 e. The lowest BCUT2D eigenvalue weighted by molar-refractivity contribution is 0.0343.